The summed E-state index contributed by atoms with van der Waals surface area (Å²) in [5, 5.41) is 8.06. The first-order valence-corrected chi connectivity index (χ1v) is 6.23. The van der Waals surface area contributed by atoms with Crippen LogP contribution in [0.1, 0.15) is 50.2 Å². The van der Waals surface area contributed by atoms with E-state index in [2.05, 4.69) is 56.6 Å². The molecular formula is C13H25N3. The van der Waals surface area contributed by atoms with Gasteiger partial charge in [0.05, 0.1) is 11.7 Å². The summed E-state index contributed by atoms with van der Waals surface area (Å²) in [5.74, 6) is 0. The van der Waals surface area contributed by atoms with E-state index in [1.807, 2.05) is 0 Å². The molecule has 2 atom stereocenters. The lowest BCUT2D eigenvalue weighted by atomic mass is 10.1. The quantitative estimate of drug-likeness (QED) is 0.832. The second kappa shape index (κ2) is 5.48. The van der Waals surface area contributed by atoms with Crippen molar-refractivity contribution < 1.29 is 0 Å². The molecule has 0 radical (unpaired) electrons. The molecule has 1 aromatic heterocycles. The van der Waals surface area contributed by atoms with Crippen LogP contribution in [0.3, 0.4) is 0 Å². The van der Waals surface area contributed by atoms with Gasteiger partial charge in [0.1, 0.15) is 0 Å². The van der Waals surface area contributed by atoms with Crippen LogP contribution >= 0.6 is 0 Å². The fourth-order valence-corrected chi connectivity index (χ4v) is 2.22. The summed E-state index contributed by atoms with van der Waals surface area (Å²) in [6.07, 6.45) is 1.12. The Kier molecular flexibility index (Phi) is 4.54. The normalized spacial score (nSPS) is 15.1. The SMILES string of the molecule is CCNC(C)CC(C)n1nc(C)c(C)c1C. The molecule has 1 N–H and O–H groups in total. The molecule has 16 heavy (non-hydrogen) atoms. The zero-order chi connectivity index (χ0) is 12.3. The monoisotopic (exact) mass is 223 g/mol. The van der Waals surface area contributed by atoms with Crippen LogP contribution in [0.2, 0.25) is 0 Å². The maximum Gasteiger partial charge on any atom is 0.0625 e. The minimum Gasteiger partial charge on any atom is -0.314 e. The number of rotatable bonds is 5. The van der Waals surface area contributed by atoms with Crippen molar-refractivity contribution in [3.05, 3.63) is 17.0 Å². The van der Waals surface area contributed by atoms with Gasteiger partial charge in [0.25, 0.3) is 0 Å². The van der Waals surface area contributed by atoms with E-state index in [1.54, 1.807) is 0 Å². The van der Waals surface area contributed by atoms with E-state index < -0.39 is 0 Å². The van der Waals surface area contributed by atoms with Crippen molar-refractivity contribution in [2.45, 2.75) is 60.0 Å². The number of hydrogen-bond donors (Lipinski definition) is 1. The minimum atomic E-state index is 0.460. The molecule has 0 aliphatic rings. The first-order chi connectivity index (χ1) is 7.47. The maximum absolute atomic E-state index is 4.61. The van der Waals surface area contributed by atoms with Crippen LogP contribution in [0.15, 0.2) is 0 Å². The molecule has 0 amide bonds. The number of aromatic nitrogens is 2. The number of aryl methyl sites for hydroxylation is 1. The van der Waals surface area contributed by atoms with Crippen LogP contribution in [0.5, 0.6) is 0 Å². The van der Waals surface area contributed by atoms with Gasteiger partial charge in [-0.25, -0.2) is 0 Å². The van der Waals surface area contributed by atoms with Gasteiger partial charge in [0.2, 0.25) is 0 Å². The van der Waals surface area contributed by atoms with Crippen molar-refractivity contribution in [2.24, 2.45) is 0 Å². The maximum atomic E-state index is 4.61. The summed E-state index contributed by atoms with van der Waals surface area (Å²) in [6, 6.07) is 1.01. The third-order valence-corrected chi connectivity index (χ3v) is 3.35. The van der Waals surface area contributed by atoms with E-state index in [0.29, 0.717) is 12.1 Å². The molecule has 0 aliphatic heterocycles. The topological polar surface area (TPSA) is 29.9 Å². The summed E-state index contributed by atoms with van der Waals surface area (Å²) >= 11 is 0. The van der Waals surface area contributed by atoms with Crippen molar-refractivity contribution in [1.29, 1.82) is 0 Å². The second-order valence-corrected chi connectivity index (χ2v) is 4.78. The number of nitrogens with zero attached hydrogens (tertiary/aromatic N) is 2. The van der Waals surface area contributed by atoms with E-state index in [4.69, 9.17) is 0 Å². The molecule has 3 nitrogen and oxygen atoms in total. The lowest BCUT2D eigenvalue weighted by molar-refractivity contribution is 0.387. The van der Waals surface area contributed by atoms with Gasteiger partial charge >= 0.3 is 0 Å². The Labute approximate surface area is 99.2 Å². The third kappa shape index (κ3) is 2.85. The molecular weight excluding hydrogens is 198 g/mol. The zero-order valence-corrected chi connectivity index (χ0v) is 11.5. The Morgan fingerprint density at radius 1 is 1.25 bits per heavy atom. The molecule has 1 rings (SSSR count). The number of nitrogens with one attached hydrogen (secondary N) is 1. The van der Waals surface area contributed by atoms with Crippen LogP contribution in [0.25, 0.3) is 0 Å². The van der Waals surface area contributed by atoms with Crippen LogP contribution in [0.4, 0.5) is 0 Å². The van der Waals surface area contributed by atoms with Gasteiger partial charge in [-0.2, -0.15) is 5.10 Å². The Bertz CT molecular complexity index is 341. The summed E-state index contributed by atoms with van der Waals surface area (Å²) in [6.45, 7) is 14.0. The largest absolute Gasteiger partial charge is 0.314 e. The van der Waals surface area contributed by atoms with Crippen molar-refractivity contribution >= 4 is 0 Å². The molecule has 0 fully saturated rings. The Morgan fingerprint density at radius 3 is 2.31 bits per heavy atom. The van der Waals surface area contributed by atoms with Gasteiger partial charge < -0.3 is 5.32 Å². The van der Waals surface area contributed by atoms with Gasteiger partial charge in [-0.3, -0.25) is 4.68 Å². The van der Waals surface area contributed by atoms with E-state index in [0.717, 1.165) is 18.7 Å². The highest BCUT2D eigenvalue weighted by molar-refractivity contribution is 5.22. The highest BCUT2D eigenvalue weighted by Gasteiger charge is 2.14. The van der Waals surface area contributed by atoms with E-state index in [9.17, 15) is 0 Å². The van der Waals surface area contributed by atoms with Gasteiger partial charge in [-0.1, -0.05) is 6.92 Å². The number of hydrogen-bond acceptors (Lipinski definition) is 2. The van der Waals surface area contributed by atoms with Crippen LogP contribution in [-0.2, 0) is 0 Å². The molecule has 0 spiro atoms. The van der Waals surface area contributed by atoms with Crippen LogP contribution < -0.4 is 5.32 Å². The lowest BCUT2D eigenvalue weighted by Gasteiger charge is -2.19. The molecule has 0 aromatic carbocycles. The van der Waals surface area contributed by atoms with Crippen LogP contribution in [-0.4, -0.2) is 22.4 Å². The summed E-state index contributed by atoms with van der Waals surface area (Å²) in [4.78, 5) is 0. The fourth-order valence-electron chi connectivity index (χ4n) is 2.22. The molecule has 1 aromatic rings. The van der Waals surface area contributed by atoms with E-state index in [1.165, 1.54) is 11.3 Å². The smallest absolute Gasteiger partial charge is 0.0625 e. The second-order valence-electron chi connectivity index (χ2n) is 4.78. The summed E-state index contributed by atoms with van der Waals surface area (Å²) < 4.78 is 2.17. The summed E-state index contributed by atoms with van der Waals surface area (Å²) in [7, 11) is 0. The van der Waals surface area contributed by atoms with Crippen molar-refractivity contribution in [3.63, 3.8) is 0 Å². The first-order valence-electron chi connectivity index (χ1n) is 6.23. The predicted molar refractivity (Wildman–Crippen MR) is 68.9 cm³/mol. The first kappa shape index (κ1) is 13.2. The van der Waals surface area contributed by atoms with Crippen molar-refractivity contribution in [3.8, 4) is 0 Å². The Morgan fingerprint density at radius 2 is 1.88 bits per heavy atom. The van der Waals surface area contributed by atoms with Gasteiger partial charge in [-0.05, 0) is 53.1 Å². The highest BCUT2D eigenvalue weighted by atomic mass is 15.3. The Balaban J connectivity index is 2.73. The predicted octanol–water partition coefficient (Wildman–Crippen LogP) is 2.76. The fraction of sp³-hybridized carbons (Fsp3) is 0.769. The molecule has 0 bridgehead atoms. The molecule has 92 valence electrons. The zero-order valence-electron chi connectivity index (χ0n) is 11.5. The molecule has 0 aliphatic carbocycles. The molecule has 3 heteroatoms. The van der Waals surface area contributed by atoms with E-state index in [-0.39, 0.29) is 0 Å². The standard InChI is InChI=1S/C13H25N3/c1-7-14-9(2)8-10(3)16-13(6)11(4)12(5)15-16/h9-10,14H,7-8H2,1-6H3. The summed E-state index contributed by atoms with van der Waals surface area (Å²) in [5.41, 5.74) is 3.78. The Hall–Kier alpha value is -0.830. The third-order valence-electron chi connectivity index (χ3n) is 3.35. The average molecular weight is 223 g/mol. The van der Waals surface area contributed by atoms with E-state index >= 15 is 0 Å². The molecule has 2 unspecified atom stereocenters. The van der Waals surface area contributed by atoms with Crippen molar-refractivity contribution in [1.82, 2.24) is 15.1 Å². The molecule has 0 saturated carbocycles. The van der Waals surface area contributed by atoms with Gasteiger partial charge in [-0.15, -0.1) is 0 Å². The minimum absolute atomic E-state index is 0.460. The molecule has 0 saturated heterocycles. The van der Waals surface area contributed by atoms with Crippen molar-refractivity contribution in [2.75, 3.05) is 6.54 Å². The van der Waals surface area contributed by atoms with Gasteiger partial charge in [0, 0.05) is 11.7 Å². The average Bonchev–Trinajstić information content (AvgIpc) is 2.46. The lowest BCUT2D eigenvalue weighted by Crippen LogP contribution is -2.28. The molecule has 1 heterocycles. The van der Waals surface area contributed by atoms with Gasteiger partial charge in [0.15, 0.2) is 0 Å². The highest BCUT2D eigenvalue weighted by Crippen LogP contribution is 2.19. The van der Waals surface area contributed by atoms with Crippen LogP contribution in [0, 0.1) is 20.8 Å².